The molecule has 0 unspecified atom stereocenters. The predicted octanol–water partition coefficient (Wildman–Crippen LogP) is 6.13. The molecule has 1 N–H and O–H groups in total. The molecule has 3 nitrogen and oxygen atoms in total. The molecule has 0 fully saturated rings. The van der Waals surface area contributed by atoms with Crippen molar-refractivity contribution in [1.29, 1.82) is 0 Å². The minimum Gasteiger partial charge on any atom is -0.321 e. The molecule has 3 aromatic carbocycles. The van der Waals surface area contributed by atoms with Gasteiger partial charge in [-0.3, -0.25) is 9.59 Å². The molecule has 0 radical (unpaired) electrons. The molecule has 6 heteroatoms. The maximum Gasteiger partial charge on any atom is 0.257 e. The van der Waals surface area contributed by atoms with Crippen molar-refractivity contribution < 1.29 is 9.59 Å². The van der Waals surface area contributed by atoms with E-state index in [0.717, 1.165) is 0 Å². The number of amides is 1. The minimum atomic E-state index is -0.448. The normalized spacial score (nSPS) is 10.4. The van der Waals surface area contributed by atoms with Gasteiger partial charge < -0.3 is 5.32 Å². The smallest absolute Gasteiger partial charge is 0.257 e. The lowest BCUT2D eigenvalue weighted by Gasteiger charge is -2.12. The van der Waals surface area contributed by atoms with Crippen LogP contribution in [0.25, 0.3) is 0 Å². The number of ketones is 1. The summed E-state index contributed by atoms with van der Waals surface area (Å²) in [4.78, 5) is 25.4. The van der Waals surface area contributed by atoms with Crippen LogP contribution in [0, 0.1) is 0 Å². The second kappa shape index (κ2) is 7.92. The van der Waals surface area contributed by atoms with Crippen molar-refractivity contribution in [2.75, 3.05) is 5.32 Å². The second-order valence-electron chi connectivity index (χ2n) is 5.46. The van der Waals surface area contributed by atoms with Gasteiger partial charge in [0, 0.05) is 21.2 Å². The fraction of sp³-hybridized carbons (Fsp3) is 0. The van der Waals surface area contributed by atoms with Gasteiger partial charge in [-0.25, -0.2) is 0 Å². The number of nitrogens with one attached hydrogen (secondary N) is 1. The van der Waals surface area contributed by atoms with Gasteiger partial charge in [-0.2, -0.15) is 0 Å². The average Bonchev–Trinajstić information content (AvgIpc) is 2.63. The van der Waals surface area contributed by atoms with E-state index in [1.807, 2.05) is 6.07 Å². The van der Waals surface area contributed by atoms with Gasteiger partial charge in [0.05, 0.1) is 16.3 Å². The summed E-state index contributed by atoms with van der Waals surface area (Å²) in [5.41, 5.74) is 1.39. The van der Waals surface area contributed by atoms with Crippen LogP contribution < -0.4 is 5.32 Å². The number of carbonyl (C=O) groups is 2. The lowest BCUT2D eigenvalue weighted by molar-refractivity contribution is 0.102. The molecular formula is C20H12Cl3NO2. The molecule has 0 aliphatic carbocycles. The first-order chi connectivity index (χ1) is 12.5. The van der Waals surface area contributed by atoms with E-state index in [-0.39, 0.29) is 16.4 Å². The third kappa shape index (κ3) is 4.07. The Kier molecular flexibility index (Phi) is 5.62. The van der Waals surface area contributed by atoms with Crippen molar-refractivity contribution in [1.82, 2.24) is 0 Å². The predicted molar refractivity (Wildman–Crippen MR) is 106 cm³/mol. The Labute approximate surface area is 165 Å². The molecule has 0 saturated heterocycles. The highest BCUT2D eigenvalue weighted by molar-refractivity contribution is 6.37. The monoisotopic (exact) mass is 403 g/mol. The van der Waals surface area contributed by atoms with E-state index in [1.54, 1.807) is 42.5 Å². The van der Waals surface area contributed by atoms with Crippen molar-refractivity contribution in [3.63, 3.8) is 0 Å². The Bertz CT molecular complexity index is 988. The molecule has 3 aromatic rings. The minimum absolute atomic E-state index is 0.222. The largest absolute Gasteiger partial charge is 0.321 e. The van der Waals surface area contributed by atoms with E-state index in [4.69, 9.17) is 34.8 Å². The van der Waals surface area contributed by atoms with Crippen LogP contribution in [-0.2, 0) is 0 Å². The summed E-state index contributed by atoms with van der Waals surface area (Å²) in [6.45, 7) is 0. The van der Waals surface area contributed by atoms with E-state index in [2.05, 4.69) is 5.32 Å². The molecule has 130 valence electrons. The van der Waals surface area contributed by atoms with Crippen molar-refractivity contribution in [3.8, 4) is 0 Å². The van der Waals surface area contributed by atoms with Crippen LogP contribution in [0.15, 0.2) is 66.7 Å². The third-order valence-corrected chi connectivity index (χ3v) is 4.47. The molecule has 0 aromatic heterocycles. The molecule has 1 amide bonds. The summed E-state index contributed by atoms with van der Waals surface area (Å²) in [7, 11) is 0. The maximum atomic E-state index is 12.8. The molecule has 0 heterocycles. The van der Waals surface area contributed by atoms with Crippen molar-refractivity contribution in [2.45, 2.75) is 0 Å². The molecule has 0 spiro atoms. The summed E-state index contributed by atoms with van der Waals surface area (Å²) in [5.74, 6) is -0.693. The highest BCUT2D eigenvalue weighted by Gasteiger charge is 2.18. The SMILES string of the molecule is O=C(Nc1ccc(Cl)cc1C(=O)c1ccccc1)c1ccc(Cl)cc1Cl. The summed E-state index contributed by atoms with van der Waals surface area (Å²) in [6, 6.07) is 18.0. The quantitative estimate of drug-likeness (QED) is 0.532. The zero-order valence-corrected chi connectivity index (χ0v) is 15.6. The third-order valence-electron chi connectivity index (χ3n) is 3.69. The molecule has 26 heavy (non-hydrogen) atoms. The topological polar surface area (TPSA) is 46.2 Å². The summed E-state index contributed by atoms with van der Waals surface area (Å²) in [6.07, 6.45) is 0. The Morgan fingerprint density at radius 1 is 0.731 bits per heavy atom. The Balaban J connectivity index is 1.95. The number of hydrogen-bond donors (Lipinski definition) is 1. The molecule has 0 saturated carbocycles. The van der Waals surface area contributed by atoms with E-state index in [0.29, 0.717) is 26.9 Å². The molecular weight excluding hydrogens is 393 g/mol. The number of rotatable bonds is 4. The summed E-state index contributed by atoms with van der Waals surface area (Å²) >= 11 is 18.0. The van der Waals surface area contributed by atoms with Gasteiger partial charge in [0.25, 0.3) is 5.91 Å². The van der Waals surface area contributed by atoms with E-state index in [1.165, 1.54) is 18.2 Å². The van der Waals surface area contributed by atoms with Gasteiger partial charge in [-0.15, -0.1) is 0 Å². The zero-order chi connectivity index (χ0) is 18.7. The number of carbonyl (C=O) groups excluding carboxylic acids is 2. The zero-order valence-electron chi connectivity index (χ0n) is 13.3. The molecule has 0 atom stereocenters. The lowest BCUT2D eigenvalue weighted by atomic mass is 10.0. The van der Waals surface area contributed by atoms with Crippen LogP contribution in [0.3, 0.4) is 0 Å². The number of anilines is 1. The van der Waals surface area contributed by atoms with Gasteiger partial charge in [0.15, 0.2) is 5.78 Å². The van der Waals surface area contributed by atoms with Gasteiger partial charge in [-0.05, 0) is 36.4 Å². The molecule has 0 aliphatic rings. The lowest BCUT2D eigenvalue weighted by Crippen LogP contribution is -2.15. The van der Waals surface area contributed by atoms with Crippen LogP contribution in [-0.4, -0.2) is 11.7 Å². The summed E-state index contributed by atoms with van der Waals surface area (Å²) in [5, 5.41) is 3.77. The first-order valence-corrected chi connectivity index (χ1v) is 8.75. The van der Waals surface area contributed by atoms with Crippen molar-refractivity contribution in [3.05, 3.63) is 98.5 Å². The average molecular weight is 405 g/mol. The fourth-order valence-electron chi connectivity index (χ4n) is 2.42. The van der Waals surface area contributed by atoms with E-state index in [9.17, 15) is 9.59 Å². The Hall–Kier alpha value is -2.33. The van der Waals surface area contributed by atoms with Crippen LogP contribution in [0.5, 0.6) is 0 Å². The van der Waals surface area contributed by atoms with Gasteiger partial charge in [0.1, 0.15) is 0 Å². The molecule has 0 aliphatic heterocycles. The van der Waals surface area contributed by atoms with Crippen LogP contribution in [0.4, 0.5) is 5.69 Å². The van der Waals surface area contributed by atoms with Gasteiger partial charge in [-0.1, -0.05) is 65.1 Å². The summed E-state index contributed by atoms with van der Waals surface area (Å²) < 4.78 is 0. The first kappa shape index (κ1) is 18.5. The maximum absolute atomic E-state index is 12.8. The second-order valence-corrected chi connectivity index (χ2v) is 6.74. The highest BCUT2D eigenvalue weighted by atomic mass is 35.5. The fourth-order valence-corrected chi connectivity index (χ4v) is 3.09. The van der Waals surface area contributed by atoms with Gasteiger partial charge in [0.2, 0.25) is 0 Å². The molecule has 0 bridgehead atoms. The van der Waals surface area contributed by atoms with E-state index >= 15 is 0 Å². The number of halogens is 3. The first-order valence-electron chi connectivity index (χ1n) is 7.61. The molecule has 3 rings (SSSR count). The Morgan fingerprint density at radius 2 is 1.38 bits per heavy atom. The van der Waals surface area contributed by atoms with Gasteiger partial charge >= 0.3 is 0 Å². The highest BCUT2D eigenvalue weighted by Crippen LogP contribution is 2.26. The Morgan fingerprint density at radius 3 is 2.08 bits per heavy atom. The van der Waals surface area contributed by atoms with Crippen LogP contribution in [0.1, 0.15) is 26.3 Å². The van der Waals surface area contributed by atoms with Crippen LogP contribution in [0.2, 0.25) is 15.1 Å². The van der Waals surface area contributed by atoms with Crippen LogP contribution >= 0.6 is 34.8 Å². The number of benzene rings is 3. The van der Waals surface area contributed by atoms with Crippen molar-refractivity contribution >= 4 is 52.2 Å². The van der Waals surface area contributed by atoms with Crippen molar-refractivity contribution in [2.24, 2.45) is 0 Å². The number of hydrogen-bond acceptors (Lipinski definition) is 2. The van der Waals surface area contributed by atoms with E-state index < -0.39 is 5.91 Å². The standard InChI is InChI=1S/C20H12Cl3NO2/c21-13-7-9-18(16(10-13)19(25)12-4-2-1-3-5-12)24-20(26)15-8-6-14(22)11-17(15)23/h1-11H,(H,24,26).